The van der Waals surface area contributed by atoms with Gasteiger partial charge in [-0.1, -0.05) is 37.9 Å². The van der Waals surface area contributed by atoms with Crippen LogP contribution in [0, 0.1) is 0 Å². The van der Waals surface area contributed by atoms with Crippen molar-refractivity contribution >= 4 is 37.8 Å². The highest BCUT2D eigenvalue weighted by Crippen LogP contribution is 2.18. The van der Waals surface area contributed by atoms with E-state index in [1.807, 2.05) is 6.07 Å². The zero-order chi connectivity index (χ0) is 9.14. The van der Waals surface area contributed by atoms with Gasteiger partial charge in [-0.15, -0.1) is 0 Å². The molecule has 0 unspecified atom stereocenters. The van der Waals surface area contributed by atoms with Gasteiger partial charge >= 0.3 is 5.97 Å². The number of carbonyl (C=O) groups is 1. The molecular formula is C8H6Br2O2. The molecule has 0 spiro atoms. The third-order valence-corrected chi connectivity index (χ3v) is 2.54. The quantitative estimate of drug-likeness (QED) is 0.851. The molecule has 0 aliphatic rings. The van der Waals surface area contributed by atoms with E-state index in [4.69, 9.17) is 5.11 Å². The van der Waals surface area contributed by atoms with E-state index in [-0.39, 0.29) is 0 Å². The van der Waals surface area contributed by atoms with Gasteiger partial charge in [0.15, 0.2) is 0 Å². The highest BCUT2D eigenvalue weighted by atomic mass is 79.9. The molecular weight excluding hydrogens is 288 g/mol. The molecule has 0 saturated heterocycles. The van der Waals surface area contributed by atoms with Crippen molar-refractivity contribution in [1.29, 1.82) is 0 Å². The Morgan fingerprint density at radius 2 is 2.17 bits per heavy atom. The fourth-order valence-corrected chi connectivity index (χ4v) is 1.71. The first kappa shape index (κ1) is 9.74. The van der Waals surface area contributed by atoms with Gasteiger partial charge in [0.2, 0.25) is 0 Å². The maximum atomic E-state index is 10.7. The average Bonchev–Trinajstić information content (AvgIpc) is 2.04. The predicted molar refractivity (Wildman–Crippen MR) is 53.7 cm³/mol. The molecule has 0 heterocycles. The van der Waals surface area contributed by atoms with Crippen molar-refractivity contribution in [3.8, 4) is 0 Å². The number of benzene rings is 1. The first-order valence-corrected chi connectivity index (χ1v) is 5.14. The highest BCUT2D eigenvalue weighted by molar-refractivity contribution is 9.10. The van der Waals surface area contributed by atoms with E-state index >= 15 is 0 Å². The molecule has 0 radical (unpaired) electrons. The molecule has 0 aliphatic heterocycles. The van der Waals surface area contributed by atoms with Gasteiger partial charge in [-0.05, 0) is 17.7 Å². The highest BCUT2D eigenvalue weighted by Gasteiger charge is 2.08. The van der Waals surface area contributed by atoms with Crippen LogP contribution >= 0.6 is 31.9 Å². The van der Waals surface area contributed by atoms with Gasteiger partial charge in [0.05, 0.1) is 5.56 Å². The van der Waals surface area contributed by atoms with E-state index in [2.05, 4.69) is 31.9 Å². The number of carboxylic acids is 1. The molecule has 12 heavy (non-hydrogen) atoms. The Balaban J connectivity index is 3.21. The lowest BCUT2D eigenvalue weighted by molar-refractivity contribution is 0.0696. The summed E-state index contributed by atoms with van der Waals surface area (Å²) in [6.07, 6.45) is 0. The number of halogens is 2. The molecule has 2 nitrogen and oxygen atoms in total. The van der Waals surface area contributed by atoms with E-state index in [1.165, 1.54) is 0 Å². The van der Waals surface area contributed by atoms with Crippen molar-refractivity contribution < 1.29 is 9.90 Å². The van der Waals surface area contributed by atoms with E-state index in [9.17, 15) is 4.79 Å². The van der Waals surface area contributed by atoms with Gasteiger partial charge in [-0.25, -0.2) is 4.79 Å². The van der Waals surface area contributed by atoms with Crippen LogP contribution < -0.4 is 0 Å². The van der Waals surface area contributed by atoms with Gasteiger partial charge in [-0.3, -0.25) is 0 Å². The average molecular weight is 294 g/mol. The summed E-state index contributed by atoms with van der Waals surface area (Å²) in [6.45, 7) is 0. The normalized spacial score (nSPS) is 9.83. The van der Waals surface area contributed by atoms with Gasteiger partial charge < -0.3 is 5.11 Å². The standard InChI is InChI=1S/C8H6Br2O2/c9-4-5-1-2-6(10)3-7(5)8(11)12/h1-3H,4H2,(H,11,12). The Hall–Kier alpha value is -0.350. The van der Waals surface area contributed by atoms with Gasteiger partial charge in [0.1, 0.15) is 0 Å². The zero-order valence-electron chi connectivity index (χ0n) is 6.05. The van der Waals surface area contributed by atoms with E-state index in [1.54, 1.807) is 12.1 Å². The molecule has 1 N–H and O–H groups in total. The Kier molecular flexibility index (Phi) is 3.29. The summed E-state index contributed by atoms with van der Waals surface area (Å²) in [4.78, 5) is 10.7. The van der Waals surface area contributed by atoms with Crippen LogP contribution in [0.15, 0.2) is 22.7 Å². The second-order valence-corrected chi connectivity index (χ2v) is 3.72. The van der Waals surface area contributed by atoms with Gasteiger partial charge in [-0.2, -0.15) is 0 Å². The number of hydrogen-bond donors (Lipinski definition) is 1. The second kappa shape index (κ2) is 4.05. The molecule has 1 aromatic carbocycles. The Morgan fingerprint density at radius 1 is 1.50 bits per heavy atom. The van der Waals surface area contributed by atoms with E-state index in [0.29, 0.717) is 10.9 Å². The monoisotopic (exact) mass is 292 g/mol. The van der Waals surface area contributed by atoms with Gasteiger partial charge in [0, 0.05) is 9.80 Å². The lowest BCUT2D eigenvalue weighted by Crippen LogP contribution is -2.00. The first-order chi connectivity index (χ1) is 5.65. The number of hydrogen-bond acceptors (Lipinski definition) is 1. The summed E-state index contributed by atoms with van der Waals surface area (Å²) in [5.74, 6) is -0.897. The van der Waals surface area contributed by atoms with Gasteiger partial charge in [0.25, 0.3) is 0 Å². The van der Waals surface area contributed by atoms with Crippen molar-refractivity contribution in [3.63, 3.8) is 0 Å². The largest absolute Gasteiger partial charge is 0.478 e. The first-order valence-electron chi connectivity index (χ1n) is 3.23. The van der Waals surface area contributed by atoms with Crippen molar-refractivity contribution in [3.05, 3.63) is 33.8 Å². The molecule has 0 saturated carbocycles. The molecule has 0 amide bonds. The Morgan fingerprint density at radius 3 is 2.67 bits per heavy atom. The van der Waals surface area contributed by atoms with Crippen molar-refractivity contribution in [2.24, 2.45) is 0 Å². The number of rotatable bonds is 2. The Labute approximate surface area is 86.9 Å². The number of aromatic carboxylic acids is 1. The molecule has 0 aromatic heterocycles. The SMILES string of the molecule is O=C(O)c1cc(Br)ccc1CBr. The minimum Gasteiger partial charge on any atom is -0.478 e. The predicted octanol–water partition coefficient (Wildman–Crippen LogP) is 3.04. The second-order valence-electron chi connectivity index (χ2n) is 2.24. The topological polar surface area (TPSA) is 37.3 Å². The lowest BCUT2D eigenvalue weighted by atomic mass is 10.1. The fourth-order valence-electron chi connectivity index (χ4n) is 0.864. The third-order valence-electron chi connectivity index (χ3n) is 1.45. The van der Waals surface area contributed by atoms with Crippen LogP contribution in [0.25, 0.3) is 0 Å². The summed E-state index contributed by atoms with van der Waals surface area (Å²) in [6, 6.07) is 5.20. The van der Waals surface area contributed by atoms with Crippen LogP contribution in [0.1, 0.15) is 15.9 Å². The van der Waals surface area contributed by atoms with Crippen LogP contribution in [0.5, 0.6) is 0 Å². The molecule has 0 atom stereocenters. The van der Waals surface area contributed by atoms with Crippen LogP contribution in [0.2, 0.25) is 0 Å². The van der Waals surface area contributed by atoms with E-state index < -0.39 is 5.97 Å². The summed E-state index contributed by atoms with van der Waals surface area (Å²) < 4.78 is 0.782. The number of carboxylic acid groups (broad SMARTS) is 1. The molecule has 0 bridgehead atoms. The van der Waals surface area contributed by atoms with E-state index in [0.717, 1.165) is 10.0 Å². The third kappa shape index (κ3) is 2.08. The molecule has 0 fully saturated rings. The maximum Gasteiger partial charge on any atom is 0.336 e. The van der Waals surface area contributed by atoms with Crippen molar-refractivity contribution in [2.45, 2.75) is 5.33 Å². The molecule has 1 rings (SSSR count). The summed E-state index contributed by atoms with van der Waals surface area (Å²) in [5, 5.41) is 9.34. The van der Waals surface area contributed by atoms with Crippen molar-refractivity contribution in [2.75, 3.05) is 0 Å². The molecule has 0 aliphatic carbocycles. The minimum atomic E-state index is -0.897. The summed E-state index contributed by atoms with van der Waals surface area (Å²) in [5.41, 5.74) is 1.12. The van der Waals surface area contributed by atoms with Crippen LogP contribution in [-0.2, 0) is 5.33 Å². The number of alkyl halides is 1. The minimum absolute atomic E-state index is 0.334. The van der Waals surface area contributed by atoms with Crippen LogP contribution in [0.4, 0.5) is 0 Å². The molecule has 4 heteroatoms. The molecule has 1 aromatic rings. The Bertz CT molecular complexity index is 310. The molecule has 64 valence electrons. The maximum absolute atomic E-state index is 10.7. The zero-order valence-corrected chi connectivity index (χ0v) is 9.22. The summed E-state index contributed by atoms with van der Waals surface area (Å²) >= 11 is 6.44. The summed E-state index contributed by atoms with van der Waals surface area (Å²) in [7, 11) is 0. The smallest absolute Gasteiger partial charge is 0.336 e. The van der Waals surface area contributed by atoms with Crippen LogP contribution in [0.3, 0.4) is 0 Å². The lowest BCUT2D eigenvalue weighted by Gasteiger charge is -2.01. The van der Waals surface area contributed by atoms with Crippen LogP contribution in [-0.4, -0.2) is 11.1 Å². The fraction of sp³-hybridized carbons (Fsp3) is 0.125. The van der Waals surface area contributed by atoms with Crippen molar-refractivity contribution in [1.82, 2.24) is 0 Å².